The topological polar surface area (TPSA) is 76.9 Å². The molecule has 5 heteroatoms. The fourth-order valence-corrected chi connectivity index (χ4v) is 2.01. The summed E-state index contributed by atoms with van der Waals surface area (Å²) >= 11 is 0. The zero-order valence-electron chi connectivity index (χ0n) is 11.2. The molecule has 0 amide bonds. The summed E-state index contributed by atoms with van der Waals surface area (Å²) in [5.41, 5.74) is 8.21. The van der Waals surface area contributed by atoms with Gasteiger partial charge in [-0.15, -0.1) is 0 Å². The zero-order valence-corrected chi connectivity index (χ0v) is 11.2. The first kappa shape index (κ1) is 13.1. The van der Waals surface area contributed by atoms with Crippen molar-refractivity contribution in [3.8, 4) is 5.75 Å². The second-order valence-electron chi connectivity index (χ2n) is 4.47. The summed E-state index contributed by atoms with van der Waals surface area (Å²) < 4.78 is 7.63. The van der Waals surface area contributed by atoms with Crippen molar-refractivity contribution in [2.45, 2.75) is 20.4 Å². The third-order valence-corrected chi connectivity index (χ3v) is 2.90. The van der Waals surface area contributed by atoms with Gasteiger partial charge < -0.3 is 10.5 Å². The van der Waals surface area contributed by atoms with E-state index in [-0.39, 0.29) is 5.84 Å². The number of aromatic nitrogens is 2. The molecule has 0 aliphatic carbocycles. The van der Waals surface area contributed by atoms with E-state index in [1.807, 2.05) is 42.9 Å². The average molecular weight is 258 g/mol. The molecule has 0 saturated carbocycles. The fourth-order valence-electron chi connectivity index (χ4n) is 2.01. The number of nitrogens with two attached hydrogens (primary N) is 1. The molecule has 0 fully saturated rings. The number of rotatable bonds is 5. The number of nitrogen functional groups attached to an aromatic ring is 1. The van der Waals surface area contributed by atoms with Crippen LogP contribution in [0.2, 0.25) is 0 Å². The first-order valence-corrected chi connectivity index (χ1v) is 6.14. The lowest BCUT2D eigenvalue weighted by Gasteiger charge is -2.13. The van der Waals surface area contributed by atoms with Crippen LogP contribution in [0.5, 0.6) is 5.75 Å². The van der Waals surface area contributed by atoms with E-state index in [0.717, 1.165) is 22.4 Å². The maximum Gasteiger partial charge on any atom is 0.125 e. The van der Waals surface area contributed by atoms with E-state index in [9.17, 15) is 0 Å². The van der Waals surface area contributed by atoms with Crippen LogP contribution in [-0.2, 0) is 6.54 Å². The Morgan fingerprint density at radius 1 is 1.37 bits per heavy atom. The summed E-state index contributed by atoms with van der Waals surface area (Å²) in [7, 11) is 0. The van der Waals surface area contributed by atoms with E-state index in [4.69, 9.17) is 15.9 Å². The molecule has 2 aromatic rings. The summed E-state index contributed by atoms with van der Waals surface area (Å²) in [6, 6.07) is 5.63. The maximum atomic E-state index is 7.46. The van der Waals surface area contributed by atoms with E-state index in [1.54, 1.807) is 6.20 Å². The van der Waals surface area contributed by atoms with Crippen LogP contribution in [0.3, 0.4) is 0 Å². The molecule has 19 heavy (non-hydrogen) atoms. The smallest absolute Gasteiger partial charge is 0.125 e. The van der Waals surface area contributed by atoms with Crippen molar-refractivity contribution >= 4 is 5.84 Å². The van der Waals surface area contributed by atoms with E-state index < -0.39 is 0 Å². The predicted molar refractivity (Wildman–Crippen MR) is 74.7 cm³/mol. The van der Waals surface area contributed by atoms with Gasteiger partial charge in [0.05, 0.1) is 6.54 Å². The van der Waals surface area contributed by atoms with E-state index >= 15 is 0 Å². The molecule has 0 bridgehead atoms. The minimum Gasteiger partial charge on any atom is -0.491 e. The molecule has 0 unspecified atom stereocenters. The molecule has 2 rings (SSSR count). The molecule has 5 nitrogen and oxygen atoms in total. The lowest BCUT2D eigenvalue weighted by molar-refractivity contribution is 0.288. The van der Waals surface area contributed by atoms with Crippen LogP contribution >= 0.6 is 0 Å². The molecule has 3 N–H and O–H groups in total. The maximum absolute atomic E-state index is 7.46. The molecule has 0 spiro atoms. The van der Waals surface area contributed by atoms with E-state index in [0.29, 0.717) is 13.2 Å². The minimum absolute atomic E-state index is 0.0780. The molecule has 0 radical (unpaired) electrons. The Balaban J connectivity index is 2.06. The molecule has 1 aromatic heterocycles. The van der Waals surface area contributed by atoms with Crippen LogP contribution in [0.1, 0.15) is 16.7 Å². The monoisotopic (exact) mass is 258 g/mol. The molecule has 0 aliphatic rings. The summed E-state index contributed by atoms with van der Waals surface area (Å²) in [6.07, 6.45) is 3.65. The average Bonchev–Trinajstić information content (AvgIpc) is 2.85. The van der Waals surface area contributed by atoms with Gasteiger partial charge in [0.2, 0.25) is 0 Å². The van der Waals surface area contributed by atoms with Crippen LogP contribution in [0.15, 0.2) is 30.6 Å². The molecule has 0 atom stereocenters. The van der Waals surface area contributed by atoms with Gasteiger partial charge in [-0.2, -0.15) is 5.10 Å². The van der Waals surface area contributed by atoms with Gasteiger partial charge in [0.1, 0.15) is 18.2 Å². The minimum atomic E-state index is 0.0780. The van der Waals surface area contributed by atoms with Crippen LogP contribution < -0.4 is 10.5 Å². The standard InChI is InChI=1S/C14H18N4O/c1-10-8-12(14(15)16)9-11(2)13(10)19-7-6-18-5-3-4-17-18/h3-5,8-9H,6-7H2,1-2H3,(H3,15,16). The number of hydrogen-bond donors (Lipinski definition) is 2. The van der Waals surface area contributed by atoms with Crippen molar-refractivity contribution in [1.29, 1.82) is 5.41 Å². The van der Waals surface area contributed by atoms with Gasteiger partial charge in [0.15, 0.2) is 0 Å². The molecule has 1 heterocycles. The summed E-state index contributed by atoms with van der Waals surface area (Å²) in [6.45, 7) is 5.19. The number of ether oxygens (including phenoxy) is 1. The van der Waals surface area contributed by atoms with Gasteiger partial charge in [0.25, 0.3) is 0 Å². The lowest BCUT2D eigenvalue weighted by atomic mass is 10.1. The Kier molecular flexibility index (Phi) is 3.85. The van der Waals surface area contributed by atoms with Crippen LogP contribution in [0.4, 0.5) is 0 Å². The highest BCUT2D eigenvalue weighted by Crippen LogP contribution is 2.24. The van der Waals surface area contributed by atoms with Crippen LogP contribution in [0.25, 0.3) is 0 Å². The third kappa shape index (κ3) is 3.13. The number of hydrogen-bond acceptors (Lipinski definition) is 3. The van der Waals surface area contributed by atoms with Gasteiger partial charge in [-0.25, -0.2) is 0 Å². The molecule has 0 aliphatic heterocycles. The second kappa shape index (κ2) is 5.56. The fraction of sp³-hybridized carbons (Fsp3) is 0.286. The van der Waals surface area contributed by atoms with Crippen LogP contribution in [-0.4, -0.2) is 22.2 Å². The van der Waals surface area contributed by atoms with Gasteiger partial charge >= 0.3 is 0 Å². The van der Waals surface area contributed by atoms with Crippen molar-refractivity contribution < 1.29 is 4.74 Å². The third-order valence-electron chi connectivity index (χ3n) is 2.90. The van der Waals surface area contributed by atoms with Gasteiger partial charge in [0, 0.05) is 18.0 Å². The Labute approximate surface area is 112 Å². The van der Waals surface area contributed by atoms with E-state index in [1.165, 1.54) is 0 Å². The predicted octanol–water partition coefficient (Wildman–Crippen LogP) is 1.86. The molecule has 1 aromatic carbocycles. The molecule has 100 valence electrons. The highest BCUT2D eigenvalue weighted by Gasteiger charge is 2.08. The first-order valence-electron chi connectivity index (χ1n) is 6.14. The largest absolute Gasteiger partial charge is 0.491 e. The molecule has 0 saturated heterocycles. The summed E-state index contributed by atoms with van der Waals surface area (Å²) in [5.74, 6) is 0.937. The lowest BCUT2D eigenvalue weighted by Crippen LogP contribution is -2.13. The quantitative estimate of drug-likeness (QED) is 0.635. The number of nitrogens with zero attached hydrogens (tertiary/aromatic N) is 2. The number of amidine groups is 1. The van der Waals surface area contributed by atoms with Crippen molar-refractivity contribution in [3.05, 3.63) is 47.3 Å². The molecular weight excluding hydrogens is 240 g/mol. The summed E-state index contributed by atoms with van der Waals surface area (Å²) in [4.78, 5) is 0. The normalized spacial score (nSPS) is 10.4. The second-order valence-corrected chi connectivity index (χ2v) is 4.47. The Hall–Kier alpha value is -2.30. The Morgan fingerprint density at radius 3 is 2.58 bits per heavy atom. The van der Waals surface area contributed by atoms with Gasteiger partial charge in [-0.1, -0.05) is 0 Å². The highest BCUT2D eigenvalue weighted by atomic mass is 16.5. The molecular formula is C14H18N4O. The van der Waals surface area contributed by atoms with Gasteiger partial charge in [-0.05, 0) is 43.2 Å². The van der Waals surface area contributed by atoms with Crippen LogP contribution in [0, 0.1) is 19.3 Å². The highest BCUT2D eigenvalue weighted by molar-refractivity contribution is 5.95. The number of nitrogens with one attached hydrogen (secondary N) is 1. The number of aryl methyl sites for hydroxylation is 2. The van der Waals surface area contributed by atoms with Gasteiger partial charge in [-0.3, -0.25) is 10.1 Å². The number of benzene rings is 1. The SMILES string of the molecule is Cc1cc(C(=N)N)cc(C)c1OCCn1cccn1. The first-order chi connectivity index (χ1) is 9.08. The van der Waals surface area contributed by atoms with Crippen molar-refractivity contribution in [2.75, 3.05) is 6.61 Å². The van der Waals surface area contributed by atoms with Crippen molar-refractivity contribution in [1.82, 2.24) is 9.78 Å². The zero-order chi connectivity index (χ0) is 13.8. The Morgan fingerprint density at radius 2 is 2.05 bits per heavy atom. The Bertz CT molecular complexity index is 552. The van der Waals surface area contributed by atoms with Crippen molar-refractivity contribution in [2.24, 2.45) is 5.73 Å². The van der Waals surface area contributed by atoms with E-state index in [2.05, 4.69) is 5.10 Å². The summed E-state index contributed by atoms with van der Waals surface area (Å²) in [5, 5.41) is 11.6. The van der Waals surface area contributed by atoms with Crippen molar-refractivity contribution in [3.63, 3.8) is 0 Å².